The number of carboxylic acid groups (broad SMARTS) is 1. The van der Waals surface area contributed by atoms with E-state index in [-0.39, 0.29) is 25.9 Å². The lowest BCUT2D eigenvalue weighted by Crippen LogP contribution is -2.47. The van der Waals surface area contributed by atoms with Gasteiger partial charge in [-0.15, -0.1) is 0 Å². The summed E-state index contributed by atoms with van der Waals surface area (Å²) >= 11 is 0. The molecule has 2 rings (SSSR count). The maximum absolute atomic E-state index is 12.8. The molecule has 0 saturated carbocycles. The van der Waals surface area contributed by atoms with Crippen molar-refractivity contribution in [1.29, 1.82) is 0 Å². The van der Waals surface area contributed by atoms with E-state index in [1.165, 1.54) is 0 Å². The number of benzene rings is 1. The lowest BCUT2D eigenvalue weighted by Gasteiger charge is -2.26. The Balaban J connectivity index is 1.93. The van der Waals surface area contributed by atoms with Gasteiger partial charge in [0.25, 0.3) is 5.91 Å². The Bertz CT molecular complexity index is 731. The fourth-order valence-corrected chi connectivity index (χ4v) is 4.60. The zero-order chi connectivity index (χ0) is 22.0. The first-order valence-electron chi connectivity index (χ1n) is 10.2. The third kappa shape index (κ3) is 7.81. The molecule has 1 amide bonds. The molecule has 1 aliphatic heterocycles. The van der Waals surface area contributed by atoms with Crippen LogP contribution in [-0.2, 0) is 29.8 Å². The van der Waals surface area contributed by atoms with Crippen LogP contribution in [0.5, 0.6) is 0 Å². The van der Waals surface area contributed by atoms with Crippen LogP contribution in [-0.4, -0.2) is 65.0 Å². The molecule has 9 nitrogen and oxygen atoms in total. The summed E-state index contributed by atoms with van der Waals surface area (Å²) in [6.07, 6.45) is 2.02. The zero-order valence-electron chi connectivity index (χ0n) is 17.0. The van der Waals surface area contributed by atoms with Crippen molar-refractivity contribution in [3.05, 3.63) is 35.9 Å². The second-order valence-electron chi connectivity index (χ2n) is 7.34. The standard InChI is InChI=1S/C20H31N2O7P/c21-12-6-4-11-18(19(23)22-15-28-14-17(22)20(24)25)29-30(26,27)13-7-5-10-16-8-2-1-3-9-16/h1-3,8-9,17-18H,4-7,10-15,21H2,(H,24,25)(H,26,27)/t17-,18-/m0/s1. The molecule has 1 aliphatic rings. The summed E-state index contributed by atoms with van der Waals surface area (Å²) in [7, 11) is -4.02. The average Bonchev–Trinajstić information content (AvgIpc) is 3.21. The lowest BCUT2D eigenvalue weighted by molar-refractivity contribution is -0.151. The van der Waals surface area contributed by atoms with Crippen LogP contribution in [0, 0.1) is 0 Å². The number of ether oxygens (including phenoxy) is 1. The number of carbonyl (C=O) groups is 2. The van der Waals surface area contributed by atoms with E-state index in [9.17, 15) is 24.2 Å². The first-order valence-corrected chi connectivity index (χ1v) is 12.0. The molecule has 3 atom stereocenters. The summed E-state index contributed by atoms with van der Waals surface area (Å²) in [6, 6.07) is 8.69. The first-order chi connectivity index (χ1) is 14.3. The van der Waals surface area contributed by atoms with E-state index < -0.39 is 31.6 Å². The van der Waals surface area contributed by atoms with Gasteiger partial charge < -0.3 is 25.4 Å². The van der Waals surface area contributed by atoms with Crippen molar-refractivity contribution in [2.45, 2.75) is 50.7 Å². The quantitative estimate of drug-likeness (QED) is 0.311. The second kappa shape index (κ2) is 12.2. The van der Waals surface area contributed by atoms with E-state index in [2.05, 4.69) is 0 Å². The summed E-state index contributed by atoms with van der Waals surface area (Å²) in [5.74, 6) is -1.83. The van der Waals surface area contributed by atoms with Crippen LogP contribution < -0.4 is 5.73 Å². The number of nitrogens with zero attached hydrogens (tertiary/aromatic N) is 1. The Kier molecular flexibility index (Phi) is 9.94. The van der Waals surface area contributed by atoms with E-state index in [0.29, 0.717) is 32.2 Å². The summed E-state index contributed by atoms with van der Waals surface area (Å²) in [5, 5.41) is 9.26. The van der Waals surface area contributed by atoms with Gasteiger partial charge in [0.2, 0.25) is 0 Å². The number of hydrogen-bond donors (Lipinski definition) is 3. The highest BCUT2D eigenvalue weighted by atomic mass is 31.2. The van der Waals surface area contributed by atoms with Gasteiger partial charge in [0.05, 0.1) is 12.8 Å². The molecular weight excluding hydrogens is 411 g/mol. The van der Waals surface area contributed by atoms with Gasteiger partial charge in [-0.05, 0) is 50.6 Å². The average molecular weight is 442 g/mol. The molecule has 1 aromatic carbocycles. The first kappa shape index (κ1) is 24.5. The number of nitrogens with two attached hydrogens (primary N) is 1. The predicted molar refractivity (Wildman–Crippen MR) is 111 cm³/mol. The molecule has 1 saturated heterocycles. The van der Waals surface area contributed by atoms with Crippen LogP contribution >= 0.6 is 7.60 Å². The fraction of sp³-hybridized carbons (Fsp3) is 0.600. The molecule has 0 bridgehead atoms. The third-order valence-electron chi connectivity index (χ3n) is 4.94. The topological polar surface area (TPSA) is 139 Å². The van der Waals surface area contributed by atoms with E-state index in [1.54, 1.807) is 0 Å². The number of unbranched alkanes of at least 4 members (excludes halogenated alkanes) is 2. The number of hydrogen-bond acceptors (Lipinski definition) is 6. The van der Waals surface area contributed by atoms with Crippen molar-refractivity contribution < 1.29 is 33.4 Å². The Labute approximate surface area is 176 Å². The van der Waals surface area contributed by atoms with Crippen LogP contribution in [0.15, 0.2) is 30.3 Å². The molecule has 0 aromatic heterocycles. The molecule has 0 spiro atoms. The number of amides is 1. The van der Waals surface area contributed by atoms with Crippen LogP contribution in [0.1, 0.15) is 37.7 Å². The Morgan fingerprint density at radius 2 is 1.97 bits per heavy atom. The third-order valence-corrected chi connectivity index (χ3v) is 6.40. The highest BCUT2D eigenvalue weighted by Gasteiger charge is 2.40. The molecule has 10 heteroatoms. The zero-order valence-corrected chi connectivity index (χ0v) is 17.9. The van der Waals surface area contributed by atoms with E-state index in [1.807, 2.05) is 30.3 Å². The molecule has 1 unspecified atom stereocenters. The maximum atomic E-state index is 12.8. The molecule has 1 aromatic rings. The molecule has 1 fully saturated rings. The van der Waals surface area contributed by atoms with Gasteiger partial charge >= 0.3 is 13.6 Å². The Morgan fingerprint density at radius 3 is 2.63 bits per heavy atom. The molecule has 168 valence electrons. The van der Waals surface area contributed by atoms with Gasteiger partial charge in [-0.2, -0.15) is 0 Å². The Hall–Kier alpha value is -1.77. The number of carboxylic acids is 1. The SMILES string of the molecule is NCCCC[C@H](OP(=O)(O)CCCCc1ccccc1)C(=O)N1COC[C@H]1C(=O)O. The summed E-state index contributed by atoms with van der Waals surface area (Å²) in [5.41, 5.74) is 6.64. The number of aryl methyl sites for hydroxylation is 1. The minimum absolute atomic E-state index is 0.0701. The number of carbonyl (C=O) groups excluding carboxylic acids is 1. The molecule has 0 aliphatic carbocycles. The van der Waals surface area contributed by atoms with Crippen LogP contribution in [0.4, 0.5) is 0 Å². The van der Waals surface area contributed by atoms with E-state index in [0.717, 1.165) is 16.9 Å². The van der Waals surface area contributed by atoms with Gasteiger partial charge in [0.15, 0.2) is 6.04 Å². The van der Waals surface area contributed by atoms with Gasteiger partial charge in [-0.25, -0.2) is 4.79 Å². The highest BCUT2D eigenvalue weighted by Crippen LogP contribution is 2.45. The van der Waals surface area contributed by atoms with Crippen molar-refractivity contribution in [3.8, 4) is 0 Å². The lowest BCUT2D eigenvalue weighted by atomic mass is 10.1. The largest absolute Gasteiger partial charge is 0.480 e. The monoisotopic (exact) mass is 442 g/mol. The van der Waals surface area contributed by atoms with Crippen molar-refractivity contribution >= 4 is 19.5 Å². The van der Waals surface area contributed by atoms with Crippen LogP contribution in [0.25, 0.3) is 0 Å². The van der Waals surface area contributed by atoms with Crippen molar-refractivity contribution in [3.63, 3.8) is 0 Å². The van der Waals surface area contributed by atoms with Crippen LogP contribution in [0.3, 0.4) is 0 Å². The minimum atomic E-state index is -4.02. The summed E-state index contributed by atoms with van der Waals surface area (Å²) in [6.45, 7) is 0.119. The molecule has 1 heterocycles. The molecule has 4 N–H and O–H groups in total. The van der Waals surface area contributed by atoms with Gasteiger partial charge in [0.1, 0.15) is 12.8 Å². The summed E-state index contributed by atoms with van der Waals surface area (Å²) in [4.78, 5) is 35.5. The van der Waals surface area contributed by atoms with Crippen LogP contribution in [0.2, 0.25) is 0 Å². The molecule has 30 heavy (non-hydrogen) atoms. The second-order valence-corrected chi connectivity index (χ2v) is 9.28. The highest BCUT2D eigenvalue weighted by molar-refractivity contribution is 7.52. The molecular formula is C20H31N2O7P. The van der Waals surface area contributed by atoms with Crippen molar-refractivity contribution in [1.82, 2.24) is 4.90 Å². The van der Waals surface area contributed by atoms with Gasteiger partial charge in [0, 0.05) is 0 Å². The summed E-state index contributed by atoms with van der Waals surface area (Å²) < 4.78 is 23.1. The minimum Gasteiger partial charge on any atom is -0.480 e. The van der Waals surface area contributed by atoms with Crippen molar-refractivity contribution in [2.75, 3.05) is 26.0 Å². The van der Waals surface area contributed by atoms with Gasteiger partial charge in [-0.1, -0.05) is 30.3 Å². The fourth-order valence-electron chi connectivity index (χ4n) is 3.28. The normalized spacial score (nSPS) is 19.4. The predicted octanol–water partition coefficient (Wildman–Crippen LogP) is 1.98. The maximum Gasteiger partial charge on any atom is 0.328 e. The molecule has 0 radical (unpaired) electrons. The van der Waals surface area contributed by atoms with Gasteiger partial charge in [-0.3, -0.25) is 13.9 Å². The van der Waals surface area contributed by atoms with Crippen molar-refractivity contribution in [2.24, 2.45) is 5.73 Å². The Morgan fingerprint density at radius 1 is 1.23 bits per heavy atom. The number of aliphatic carboxylic acids is 1. The smallest absolute Gasteiger partial charge is 0.328 e. The number of rotatable bonds is 13. The van der Waals surface area contributed by atoms with E-state index in [4.69, 9.17) is 15.0 Å². The van der Waals surface area contributed by atoms with E-state index >= 15 is 0 Å².